The van der Waals surface area contributed by atoms with E-state index in [-0.39, 0.29) is 30.5 Å². The number of nitrogens with one attached hydrogen (secondary N) is 1. The fourth-order valence-corrected chi connectivity index (χ4v) is 4.69. The second kappa shape index (κ2) is 11.7. The fraction of sp³-hybridized carbons (Fsp3) is 0.625. The minimum Gasteiger partial charge on any atom is -0.394 e. The van der Waals surface area contributed by atoms with Crippen LogP contribution in [0.25, 0.3) is 11.3 Å². The molecule has 0 spiro atoms. The Morgan fingerprint density at radius 1 is 1.21 bits per heavy atom. The van der Waals surface area contributed by atoms with E-state index in [1.807, 2.05) is 0 Å². The topological polar surface area (TPSA) is 92.5 Å². The molecule has 2 saturated heterocycles. The number of amides is 1. The molecule has 3 atom stereocenters. The van der Waals surface area contributed by atoms with E-state index in [2.05, 4.69) is 20.5 Å². The Balaban J connectivity index is 1.21. The van der Waals surface area contributed by atoms with Crippen molar-refractivity contribution in [1.29, 1.82) is 0 Å². The molecule has 2 aliphatic heterocycles. The largest absolute Gasteiger partial charge is 0.394 e. The first-order valence-corrected chi connectivity index (χ1v) is 12.0. The molecule has 2 aliphatic rings. The first-order valence-electron chi connectivity index (χ1n) is 12.0. The molecule has 0 bridgehead atoms. The predicted molar refractivity (Wildman–Crippen MR) is 122 cm³/mol. The van der Waals surface area contributed by atoms with Gasteiger partial charge in [-0.05, 0) is 57.3 Å². The lowest BCUT2D eigenvalue weighted by molar-refractivity contribution is -0.129. The van der Waals surface area contributed by atoms with E-state index in [1.165, 1.54) is 31.4 Å². The smallest absolute Gasteiger partial charge is 0.221 e. The highest BCUT2D eigenvalue weighted by Gasteiger charge is 2.31. The normalized spacial score (nSPS) is 24.0. The van der Waals surface area contributed by atoms with Gasteiger partial charge in [0.25, 0.3) is 0 Å². The van der Waals surface area contributed by atoms with Gasteiger partial charge in [-0.25, -0.2) is 4.39 Å². The van der Waals surface area contributed by atoms with Crippen molar-refractivity contribution in [1.82, 2.24) is 25.2 Å². The number of hydrogen-bond acceptors (Lipinski definition) is 6. The van der Waals surface area contributed by atoms with Gasteiger partial charge >= 0.3 is 0 Å². The van der Waals surface area contributed by atoms with Crippen LogP contribution in [0, 0.1) is 5.82 Å². The second-order valence-electron chi connectivity index (χ2n) is 9.05. The molecule has 1 aromatic heterocycles. The predicted octanol–water partition coefficient (Wildman–Crippen LogP) is 2.38. The van der Waals surface area contributed by atoms with Crippen LogP contribution in [0.15, 0.2) is 30.5 Å². The number of aliphatic hydroxyl groups excluding tert-OH is 1. The molecule has 0 radical (unpaired) electrons. The molecule has 9 heteroatoms. The van der Waals surface area contributed by atoms with E-state index in [9.17, 15) is 14.3 Å². The van der Waals surface area contributed by atoms with E-state index in [0.29, 0.717) is 24.2 Å². The Morgan fingerprint density at radius 3 is 2.85 bits per heavy atom. The third kappa shape index (κ3) is 6.82. The van der Waals surface area contributed by atoms with Gasteiger partial charge in [-0.2, -0.15) is 0 Å². The summed E-state index contributed by atoms with van der Waals surface area (Å²) in [6.07, 6.45) is 7.87. The molecule has 2 N–H and O–H groups in total. The van der Waals surface area contributed by atoms with Gasteiger partial charge in [0.05, 0.1) is 24.9 Å². The van der Waals surface area contributed by atoms with Crippen LogP contribution in [0.3, 0.4) is 0 Å². The fourth-order valence-electron chi connectivity index (χ4n) is 4.69. The number of rotatable bonds is 9. The SMILES string of the molecule is O=C(CCN1CCCCC1)N[C@@H]1CC[C@@H](CCn2cc(-c3cccc(F)c3)nn2)O[C@H]1CO. The lowest BCUT2D eigenvalue weighted by atomic mass is 9.97. The van der Waals surface area contributed by atoms with Crippen LogP contribution in [0.2, 0.25) is 0 Å². The Bertz CT molecular complexity index is 902. The lowest BCUT2D eigenvalue weighted by Crippen LogP contribution is -2.51. The van der Waals surface area contributed by atoms with E-state index >= 15 is 0 Å². The van der Waals surface area contributed by atoms with Crippen molar-refractivity contribution in [3.8, 4) is 11.3 Å². The molecule has 33 heavy (non-hydrogen) atoms. The molecular formula is C24H34FN5O3. The molecule has 0 unspecified atom stereocenters. The van der Waals surface area contributed by atoms with Crippen LogP contribution in [0.5, 0.6) is 0 Å². The first-order chi connectivity index (χ1) is 16.1. The summed E-state index contributed by atoms with van der Waals surface area (Å²) in [6, 6.07) is 6.12. The summed E-state index contributed by atoms with van der Waals surface area (Å²) in [5, 5.41) is 21.2. The maximum atomic E-state index is 13.4. The van der Waals surface area contributed by atoms with Gasteiger partial charge in [-0.15, -0.1) is 5.10 Å². The van der Waals surface area contributed by atoms with Gasteiger partial charge in [-0.3, -0.25) is 9.48 Å². The number of hydrogen-bond donors (Lipinski definition) is 2. The zero-order valence-electron chi connectivity index (χ0n) is 19.0. The number of piperidine rings is 1. The molecule has 2 aromatic rings. The third-order valence-electron chi connectivity index (χ3n) is 6.58. The monoisotopic (exact) mass is 459 g/mol. The van der Waals surface area contributed by atoms with Gasteiger partial charge in [0.1, 0.15) is 17.6 Å². The number of benzene rings is 1. The van der Waals surface area contributed by atoms with Crippen molar-refractivity contribution in [2.75, 3.05) is 26.2 Å². The first kappa shape index (κ1) is 23.8. The lowest BCUT2D eigenvalue weighted by Gasteiger charge is -2.36. The Hall–Kier alpha value is -2.36. The Morgan fingerprint density at radius 2 is 2.06 bits per heavy atom. The van der Waals surface area contributed by atoms with Crippen LogP contribution in [0.4, 0.5) is 4.39 Å². The summed E-state index contributed by atoms with van der Waals surface area (Å²) >= 11 is 0. The van der Waals surface area contributed by atoms with Crippen LogP contribution in [0.1, 0.15) is 44.9 Å². The van der Waals surface area contributed by atoms with E-state index in [1.54, 1.807) is 23.0 Å². The Kier molecular flexibility index (Phi) is 8.41. The van der Waals surface area contributed by atoms with Crippen LogP contribution in [-0.2, 0) is 16.1 Å². The highest BCUT2D eigenvalue weighted by molar-refractivity contribution is 5.76. The maximum Gasteiger partial charge on any atom is 0.221 e. The van der Waals surface area contributed by atoms with Gasteiger partial charge in [0.15, 0.2) is 0 Å². The van der Waals surface area contributed by atoms with Crippen LogP contribution < -0.4 is 5.32 Å². The van der Waals surface area contributed by atoms with E-state index in [0.717, 1.165) is 38.9 Å². The molecule has 3 heterocycles. The number of aryl methyl sites for hydroxylation is 1. The number of aliphatic hydroxyl groups is 1. The van der Waals surface area contributed by atoms with Crippen molar-refractivity contribution >= 4 is 5.91 Å². The number of aromatic nitrogens is 3. The van der Waals surface area contributed by atoms with E-state index in [4.69, 9.17) is 4.74 Å². The van der Waals surface area contributed by atoms with Crippen LogP contribution in [-0.4, -0.2) is 75.4 Å². The molecule has 2 fully saturated rings. The van der Waals surface area contributed by atoms with Gasteiger partial charge in [0.2, 0.25) is 5.91 Å². The molecule has 180 valence electrons. The van der Waals surface area contributed by atoms with Crippen molar-refractivity contribution in [2.45, 2.75) is 69.7 Å². The molecule has 0 saturated carbocycles. The van der Waals surface area contributed by atoms with Crippen molar-refractivity contribution in [2.24, 2.45) is 0 Å². The summed E-state index contributed by atoms with van der Waals surface area (Å²) in [4.78, 5) is 14.8. The van der Waals surface area contributed by atoms with Gasteiger partial charge in [0, 0.05) is 25.1 Å². The third-order valence-corrected chi connectivity index (χ3v) is 6.58. The quantitative estimate of drug-likeness (QED) is 0.598. The van der Waals surface area contributed by atoms with Crippen molar-refractivity contribution in [3.63, 3.8) is 0 Å². The maximum absolute atomic E-state index is 13.4. The van der Waals surface area contributed by atoms with Gasteiger partial charge in [-0.1, -0.05) is 23.8 Å². The molecule has 8 nitrogen and oxygen atoms in total. The molecule has 1 amide bonds. The zero-order chi connectivity index (χ0) is 23.0. The number of nitrogens with zero attached hydrogens (tertiary/aromatic N) is 4. The number of carbonyl (C=O) groups excluding carboxylic acids is 1. The average molecular weight is 460 g/mol. The summed E-state index contributed by atoms with van der Waals surface area (Å²) < 4.78 is 21.3. The van der Waals surface area contributed by atoms with Gasteiger partial charge < -0.3 is 20.1 Å². The van der Waals surface area contributed by atoms with E-state index < -0.39 is 6.10 Å². The van der Waals surface area contributed by atoms with Crippen molar-refractivity contribution < 1.29 is 19.0 Å². The number of carbonyl (C=O) groups is 1. The minimum atomic E-state index is -0.402. The summed E-state index contributed by atoms with van der Waals surface area (Å²) in [6.45, 7) is 3.44. The Labute approximate surface area is 194 Å². The molecule has 1 aromatic carbocycles. The summed E-state index contributed by atoms with van der Waals surface area (Å²) in [5.74, 6) is -0.278. The molecular weight excluding hydrogens is 425 g/mol. The average Bonchev–Trinajstić information content (AvgIpc) is 3.32. The number of ether oxygens (including phenoxy) is 1. The minimum absolute atomic E-state index is 0.0227. The summed E-state index contributed by atoms with van der Waals surface area (Å²) in [5.41, 5.74) is 1.31. The molecule has 0 aliphatic carbocycles. The number of likely N-dealkylation sites (tertiary alicyclic amines) is 1. The second-order valence-corrected chi connectivity index (χ2v) is 9.05. The number of halogens is 1. The van der Waals surface area contributed by atoms with Crippen LogP contribution >= 0.6 is 0 Å². The zero-order valence-corrected chi connectivity index (χ0v) is 19.0. The highest BCUT2D eigenvalue weighted by Crippen LogP contribution is 2.23. The standard InChI is InChI=1S/C24H34FN5O3/c25-19-6-4-5-18(15-19)22-16-30(28-27-22)14-9-20-7-8-21(23(17-31)33-20)26-24(32)10-13-29-11-2-1-3-12-29/h4-6,15-16,20-21,23,31H,1-3,7-14,17H2,(H,26,32)/t20-,21+,23-/m0/s1. The summed E-state index contributed by atoms with van der Waals surface area (Å²) in [7, 11) is 0. The highest BCUT2D eigenvalue weighted by atomic mass is 19.1. The molecule has 4 rings (SSSR count). The van der Waals surface area contributed by atoms with Crippen molar-refractivity contribution in [3.05, 3.63) is 36.3 Å².